The Kier molecular flexibility index (Phi) is 6.05. The summed E-state index contributed by atoms with van der Waals surface area (Å²) in [4.78, 5) is 1.61. The molecule has 0 amide bonds. The van der Waals surface area contributed by atoms with Gasteiger partial charge in [0.2, 0.25) is 0 Å². The molecule has 4 heteroatoms. The number of piperazine rings is 1. The molecule has 124 valence electrons. The molecule has 24 heavy (non-hydrogen) atoms. The van der Waals surface area contributed by atoms with Gasteiger partial charge in [0.05, 0.1) is 37.4 Å². The summed E-state index contributed by atoms with van der Waals surface area (Å²) in [5, 5.41) is 7.28. The average Bonchev–Trinajstić information content (AvgIpc) is 2.63. The van der Waals surface area contributed by atoms with Gasteiger partial charge >= 0.3 is 0 Å². The minimum atomic E-state index is 0.653. The molecular weight excluding hydrogens is 318 g/mol. The van der Waals surface area contributed by atoms with E-state index >= 15 is 0 Å². The van der Waals surface area contributed by atoms with Gasteiger partial charge in [-0.15, -0.1) is 0 Å². The SMILES string of the molecule is ClC(/C=N\N1CC[NH+](Cc2ccccc2)CC1)=C/c1ccccc1. The highest BCUT2D eigenvalue weighted by Gasteiger charge is 2.18. The number of allylic oxidation sites excluding steroid dienone is 1. The van der Waals surface area contributed by atoms with Crippen molar-refractivity contribution in [3.05, 3.63) is 76.8 Å². The van der Waals surface area contributed by atoms with E-state index < -0.39 is 0 Å². The second-order valence-corrected chi connectivity index (χ2v) is 6.49. The van der Waals surface area contributed by atoms with Crippen LogP contribution in [0.15, 0.2) is 70.8 Å². The predicted molar refractivity (Wildman–Crippen MR) is 101 cm³/mol. The van der Waals surface area contributed by atoms with Crippen LogP contribution in [0.4, 0.5) is 0 Å². The van der Waals surface area contributed by atoms with E-state index in [1.54, 1.807) is 11.1 Å². The number of quaternary nitrogens is 1. The molecule has 2 aromatic carbocycles. The Morgan fingerprint density at radius 2 is 1.62 bits per heavy atom. The molecule has 1 aliphatic heterocycles. The molecule has 3 rings (SSSR count). The summed E-state index contributed by atoms with van der Waals surface area (Å²) in [5.41, 5.74) is 2.49. The van der Waals surface area contributed by atoms with Crippen molar-refractivity contribution in [2.24, 2.45) is 5.10 Å². The van der Waals surface area contributed by atoms with E-state index in [1.807, 2.05) is 36.4 Å². The third-order valence-corrected chi connectivity index (χ3v) is 4.40. The van der Waals surface area contributed by atoms with E-state index in [9.17, 15) is 0 Å². The van der Waals surface area contributed by atoms with Crippen LogP contribution < -0.4 is 4.90 Å². The Morgan fingerprint density at radius 3 is 2.29 bits per heavy atom. The highest BCUT2D eigenvalue weighted by atomic mass is 35.5. The summed E-state index contributed by atoms with van der Waals surface area (Å²) in [7, 11) is 0. The van der Waals surface area contributed by atoms with Crippen molar-refractivity contribution in [1.29, 1.82) is 0 Å². The first-order valence-electron chi connectivity index (χ1n) is 8.38. The standard InChI is InChI=1S/C20H22ClN3/c21-20(15-18-7-3-1-4-8-18)16-22-24-13-11-23(12-14-24)17-19-9-5-2-6-10-19/h1-10,15-16H,11-14,17H2/p+1/b20-15+,22-16-. The van der Waals surface area contributed by atoms with Gasteiger partial charge in [0.25, 0.3) is 0 Å². The van der Waals surface area contributed by atoms with Crippen molar-refractivity contribution >= 4 is 23.9 Å². The van der Waals surface area contributed by atoms with Crippen LogP contribution in [0, 0.1) is 0 Å². The molecule has 0 radical (unpaired) electrons. The number of hydrogen-bond donors (Lipinski definition) is 1. The van der Waals surface area contributed by atoms with Gasteiger partial charge in [-0.25, -0.2) is 0 Å². The van der Waals surface area contributed by atoms with Crippen LogP contribution in [0.25, 0.3) is 6.08 Å². The van der Waals surface area contributed by atoms with Crippen molar-refractivity contribution in [2.45, 2.75) is 6.54 Å². The molecule has 1 N–H and O–H groups in total. The van der Waals surface area contributed by atoms with Crippen molar-refractivity contribution in [3.8, 4) is 0 Å². The summed E-state index contributed by atoms with van der Waals surface area (Å²) < 4.78 is 0. The molecule has 0 aromatic heterocycles. The van der Waals surface area contributed by atoms with E-state index in [0.717, 1.165) is 38.3 Å². The Bertz CT molecular complexity index is 675. The van der Waals surface area contributed by atoms with Gasteiger partial charge in [-0.1, -0.05) is 72.3 Å². The maximum atomic E-state index is 6.25. The van der Waals surface area contributed by atoms with Gasteiger partial charge in [-0.3, -0.25) is 5.01 Å². The molecule has 1 aliphatic rings. The van der Waals surface area contributed by atoms with Crippen LogP contribution >= 0.6 is 11.6 Å². The zero-order valence-electron chi connectivity index (χ0n) is 13.7. The highest BCUT2D eigenvalue weighted by molar-refractivity contribution is 6.41. The van der Waals surface area contributed by atoms with Crippen LogP contribution in [0.5, 0.6) is 0 Å². The lowest BCUT2D eigenvalue weighted by atomic mass is 10.2. The Morgan fingerprint density at radius 1 is 1.00 bits per heavy atom. The summed E-state index contributed by atoms with van der Waals surface area (Å²) >= 11 is 6.25. The summed E-state index contributed by atoms with van der Waals surface area (Å²) in [6.45, 7) is 5.23. The number of hydrogen-bond acceptors (Lipinski definition) is 2. The number of nitrogens with zero attached hydrogens (tertiary/aromatic N) is 2. The lowest BCUT2D eigenvalue weighted by Crippen LogP contribution is -3.13. The van der Waals surface area contributed by atoms with Gasteiger partial charge in [-0.05, 0) is 11.6 Å². The number of halogens is 1. The monoisotopic (exact) mass is 340 g/mol. The Balaban J connectivity index is 1.47. The summed E-state index contributed by atoms with van der Waals surface area (Å²) in [5.74, 6) is 0. The first-order valence-corrected chi connectivity index (χ1v) is 8.76. The summed E-state index contributed by atoms with van der Waals surface area (Å²) in [6.07, 6.45) is 3.68. The van der Waals surface area contributed by atoms with Crippen LogP contribution in [0.2, 0.25) is 0 Å². The molecule has 0 saturated carbocycles. The molecule has 0 atom stereocenters. The first-order chi connectivity index (χ1) is 11.8. The lowest BCUT2D eigenvalue weighted by Gasteiger charge is -2.30. The molecule has 0 aliphatic carbocycles. The largest absolute Gasteiger partial charge is 0.328 e. The zero-order valence-corrected chi connectivity index (χ0v) is 14.5. The predicted octanol–water partition coefficient (Wildman–Crippen LogP) is 2.65. The van der Waals surface area contributed by atoms with Gasteiger partial charge in [0.1, 0.15) is 6.54 Å². The molecular formula is C20H23ClN3+. The zero-order chi connectivity index (χ0) is 16.6. The van der Waals surface area contributed by atoms with Crippen LogP contribution in [-0.2, 0) is 6.54 Å². The fourth-order valence-electron chi connectivity index (χ4n) is 2.87. The highest BCUT2D eigenvalue weighted by Crippen LogP contribution is 2.08. The Labute approximate surface area is 148 Å². The number of hydrazone groups is 1. The van der Waals surface area contributed by atoms with Gasteiger partial charge in [-0.2, -0.15) is 5.10 Å². The number of benzene rings is 2. The fraction of sp³-hybridized carbons (Fsp3) is 0.250. The maximum absolute atomic E-state index is 6.25. The van der Waals surface area contributed by atoms with E-state index in [0.29, 0.717) is 5.03 Å². The van der Waals surface area contributed by atoms with Crippen molar-refractivity contribution in [3.63, 3.8) is 0 Å². The van der Waals surface area contributed by atoms with Crippen LogP contribution in [0.1, 0.15) is 11.1 Å². The minimum Gasteiger partial charge on any atom is -0.328 e. The van der Waals surface area contributed by atoms with Gasteiger partial charge in [0, 0.05) is 5.56 Å². The molecule has 2 aromatic rings. The molecule has 1 fully saturated rings. The second kappa shape index (κ2) is 8.67. The van der Waals surface area contributed by atoms with E-state index in [2.05, 4.69) is 40.4 Å². The Hall–Kier alpha value is -2.10. The van der Waals surface area contributed by atoms with E-state index in [4.69, 9.17) is 11.6 Å². The first kappa shape index (κ1) is 16.7. The van der Waals surface area contributed by atoms with Crippen molar-refractivity contribution in [2.75, 3.05) is 26.2 Å². The third kappa shape index (κ3) is 5.22. The third-order valence-electron chi connectivity index (χ3n) is 4.19. The fourth-order valence-corrected chi connectivity index (χ4v) is 3.04. The molecule has 0 bridgehead atoms. The maximum Gasteiger partial charge on any atom is 0.103 e. The second-order valence-electron chi connectivity index (χ2n) is 6.05. The molecule has 0 unspecified atom stereocenters. The average molecular weight is 341 g/mol. The van der Waals surface area contributed by atoms with E-state index in [-0.39, 0.29) is 0 Å². The topological polar surface area (TPSA) is 20.0 Å². The molecule has 3 nitrogen and oxygen atoms in total. The number of nitrogens with one attached hydrogen (secondary N) is 1. The van der Waals surface area contributed by atoms with Crippen molar-refractivity contribution in [1.82, 2.24) is 5.01 Å². The molecule has 1 heterocycles. The molecule has 1 saturated heterocycles. The van der Waals surface area contributed by atoms with Crippen molar-refractivity contribution < 1.29 is 4.90 Å². The van der Waals surface area contributed by atoms with E-state index in [1.165, 1.54) is 5.56 Å². The van der Waals surface area contributed by atoms with Crippen LogP contribution in [0.3, 0.4) is 0 Å². The molecule has 0 spiro atoms. The summed E-state index contributed by atoms with van der Waals surface area (Å²) in [6, 6.07) is 20.7. The smallest absolute Gasteiger partial charge is 0.103 e. The quantitative estimate of drug-likeness (QED) is 0.830. The lowest BCUT2D eigenvalue weighted by molar-refractivity contribution is -0.918. The normalized spacial score (nSPS) is 16.7. The van der Waals surface area contributed by atoms with Crippen LogP contribution in [-0.4, -0.2) is 37.4 Å². The van der Waals surface area contributed by atoms with Gasteiger partial charge < -0.3 is 4.90 Å². The minimum absolute atomic E-state index is 0.653. The number of rotatable bonds is 5. The van der Waals surface area contributed by atoms with Gasteiger partial charge in [0.15, 0.2) is 0 Å².